The van der Waals surface area contributed by atoms with E-state index in [0.29, 0.717) is 12.0 Å². The normalized spacial score (nSPS) is 26.4. The number of rotatable bonds is 1. The highest BCUT2D eigenvalue weighted by molar-refractivity contribution is 7.10. The molecule has 2 aliphatic rings. The number of thiophene rings is 1. The van der Waals surface area contributed by atoms with Gasteiger partial charge in [0.25, 0.3) is 0 Å². The fraction of sp³-hybridized carbons (Fsp3) is 0.524. The van der Waals surface area contributed by atoms with Gasteiger partial charge in [-0.1, -0.05) is 32.9 Å². The third-order valence-electron chi connectivity index (χ3n) is 5.52. The number of anilines is 1. The second-order valence-corrected chi connectivity index (χ2v) is 9.19. The lowest BCUT2D eigenvalue weighted by molar-refractivity contribution is -0.0379. The van der Waals surface area contributed by atoms with E-state index in [2.05, 4.69) is 62.7 Å². The molecular formula is C21H27NOS. The number of benzene rings is 1. The van der Waals surface area contributed by atoms with Gasteiger partial charge >= 0.3 is 0 Å². The van der Waals surface area contributed by atoms with Gasteiger partial charge in [-0.15, -0.1) is 11.3 Å². The molecule has 2 nitrogen and oxygen atoms in total. The van der Waals surface area contributed by atoms with E-state index in [1.54, 1.807) is 0 Å². The van der Waals surface area contributed by atoms with E-state index < -0.39 is 0 Å². The lowest BCUT2D eigenvalue weighted by atomic mass is 9.77. The van der Waals surface area contributed by atoms with Gasteiger partial charge in [0, 0.05) is 28.7 Å². The van der Waals surface area contributed by atoms with Crippen molar-refractivity contribution in [3.63, 3.8) is 0 Å². The molecule has 0 aliphatic carbocycles. The molecule has 128 valence electrons. The van der Waals surface area contributed by atoms with Crippen molar-refractivity contribution in [3.05, 3.63) is 51.2 Å². The lowest BCUT2D eigenvalue weighted by Crippen LogP contribution is -2.36. The Bertz CT molecular complexity index is 743. The number of fused-ring (bicyclic) bond motifs is 3. The van der Waals surface area contributed by atoms with Crippen molar-refractivity contribution in [2.45, 2.75) is 58.1 Å². The smallest absolute Gasteiger partial charge is 0.0896 e. The highest BCUT2D eigenvalue weighted by Crippen LogP contribution is 2.51. The van der Waals surface area contributed by atoms with Gasteiger partial charge in [0.1, 0.15) is 0 Å². The van der Waals surface area contributed by atoms with Crippen LogP contribution in [0.2, 0.25) is 0 Å². The molecule has 4 rings (SSSR count). The van der Waals surface area contributed by atoms with E-state index in [9.17, 15) is 0 Å². The van der Waals surface area contributed by atoms with Crippen LogP contribution in [0.15, 0.2) is 29.6 Å². The molecule has 1 aromatic heterocycles. The maximum Gasteiger partial charge on any atom is 0.0896 e. The zero-order chi connectivity index (χ0) is 16.9. The average molecular weight is 342 g/mol. The van der Waals surface area contributed by atoms with Crippen molar-refractivity contribution in [2.75, 3.05) is 11.9 Å². The SMILES string of the molecule is Cc1ccsc1C1Nc2ccc(C(C)(C)C)cc2[C@H]2OCCC[C@@H]12. The fourth-order valence-corrected chi connectivity index (χ4v) is 5.15. The van der Waals surface area contributed by atoms with Crippen molar-refractivity contribution < 1.29 is 4.74 Å². The number of ether oxygens (including phenoxy) is 1. The standard InChI is InChI=1S/C21H27NOS/c1-13-9-11-24-20(13)18-15-6-5-10-23-19(15)16-12-14(21(2,3)4)7-8-17(16)22-18/h7-9,11-12,15,18-19,22H,5-6,10H2,1-4H3/t15-,18?,19-/m0/s1. The molecule has 1 aromatic carbocycles. The predicted octanol–water partition coefficient (Wildman–Crippen LogP) is 5.99. The van der Waals surface area contributed by atoms with Gasteiger partial charge in [-0.3, -0.25) is 0 Å². The van der Waals surface area contributed by atoms with Crippen molar-refractivity contribution >= 4 is 17.0 Å². The van der Waals surface area contributed by atoms with Gasteiger partial charge in [0.15, 0.2) is 0 Å². The van der Waals surface area contributed by atoms with E-state index in [1.165, 1.54) is 33.7 Å². The molecule has 3 heterocycles. The first-order valence-corrected chi connectivity index (χ1v) is 9.89. The largest absolute Gasteiger partial charge is 0.377 e. The maximum atomic E-state index is 6.31. The highest BCUT2D eigenvalue weighted by atomic mass is 32.1. The minimum atomic E-state index is 0.167. The van der Waals surface area contributed by atoms with Gasteiger partial charge in [-0.05, 0) is 53.8 Å². The molecule has 0 amide bonds. The van der Waals surface area contributed by atoms with Crippen LogP contribution in [-0.2, 0) is 10.2 Å². The Hall–Kier alpha value is -1.32. The second kappa shape index (κ2) is 5.89. The number of aryl methyl sites for hydroxylation is 1. The molecule has 1 saturated heterocycles. The monoisotopic (exact) mass is 341 g/mol. The summed E-state index contributed by atoms with van der Waals surface area (Å²) in [4.78, 5) is 1.47. The van der Waals surface area contributed by atoms with E-state index in [0.717, 1.165) is 13.0 Å². The van der Waals surface area contributed by atoms with Crippen LogP contribution in [0.25, 0.3) is 0 Å². The summed E-state index contributed by atoms with van der Waals surface area (Å²) in [6.45, 7) is 9.95. The summed E-state index contributed by atoms with van der Waals surface area (Å²) in [5.41, 5.74) is 5.57. The highest BCUT2D eigenvalue weighted by Gasteiger charge is 2.41. The van der Waals surface area contributed by atoms with Gasteiger partial charge in [0.05, 0.1) is 12.1 Å². The molecule has 3 heteroatoms. The second-order valence-electron chi connectivity index (χ2n) is 8.24. The van der Waals surface area contributed by atoms with E-state index in [4.69, 9.17) is 4.74 Å². The molecule has 2 aliphatic heterocycles. The Morgan fingerprint density at radius 2 is 2.04 bits per heavy atom. The lowest BCUT2D eigenvalue weighted by Gasteiger charge is -2.43. The summed E-state index contributed by atoms with van der Waals surface area (Å²) >= 11 is 1.88. The molecular weight excluding hydrogens is 314 g/mol. The minimum absolute atomic E-state index is 0.167. The zero-order valence-corrected chi connectivity index (χ0v) is 15.9. The summed E-state index contributed by atoms with van der Waals surface area (Å²) in [5.74, 6) is 0.527. The number of nitrogens with one attached hydrogen (secondary N) is 1. The van der Waals surface area contributed by atoms with Crippen LogP contribution in [0.4, 0.5) is 5.69 Å². The van der Waals surface area contributed by atoms with Crippen LogP contribution < -0.4 is 5.32 Å². The molecule has 2 aromatic rings. The van der Waals surface area contributed by atoms with E-state index in [1.807, 2.05) is 11.3 Å². The molecule has 0 spiro atoms. The third kappa shape index (κ3) is 2.68. The van der Waals surface area contributed by atoms with Crippen LogP contribution >= 0.6 is 11.3 Å². The van der Waals surface area contributed by atoms with Crippen molar-refractivity contribution in [1.82, 2.24) is 0 Å². The summed E-state index contributed by atoms with van der Waals surface area (Å²) in [5, 5.41) is 6.06. The number of hydrogen-bond donors (Lipinski definition) is 1. The Kier molecular flexibility index (Phi) is 3.97. The van der Waals surface area contributed by atoms with Gasteiger partial charge in [0.2, 0.25) is 0 Å². The maximum absolute atomic E-state index is 6.31. The summed E-state index contributed by atoms with van der Waals surface area (Å²) < 4.78 is 6.31. The molecule has 1 N–H and O–H groups in total. The van der Waals surface area contributed by atoms with Crippen LogP contribution in [-0.4, -0.2) is 6.61 Å². The summed E-state index contributed by atoms with van der Waals surface area (Å²) in [7, 11) is 0. The van der Waals surface area contributed by atoms with Crippen molar-refractivity contribution in [2.24, 2.45) is 5.92 Å². The van der Waals surface area contributed by atoms with Crippen LogP contribution in [0.1, 0.15) is 67.3 Å². The van der Waals surface area contributed by atoms with Gasteiger partial charge in [-0.25, -0.2) is 0 Å². The third-order valence-corrected chi connectivity index (χ3v) is 6.62. The molecule has 0 bridgehead atoms. The quantitative estimate of drug-likeness (QED) is 0.688. The van der Waals surface area contributed by atoms with Crippen molar-refractivity contribution in [3.8, 4) is 0 Å². The topological polar surface area (TPSA) is 21.3 Å². The molecule has 0 radical (unpaired) electrons. The Balaban J connectivity index is 1.79. The van der Waals surface area contributed by atoms with Gasteiger partial charge in [-0.2, -0.15) is 0 Å². The van der Waals surface area contributed by atoms with Crippen molar-refractivity contribution in [1.29, 1.82) is 0 Å². The average Bonchev–Trinajstić information content (AvgIpc) is 2.98. The zero-order valence-electron chi connectivity index (χ0n) is 15.1. The number of hydrogen-bond acceptors (Lipinski definition) is 3. The minimum Gasteiger partial charge on any atom is -0.377 e. The van der Waals surface area contributed by atoms with E-state index in [-0.39, 0.29) is 11.5 Å². The molecule has 0 saturated carbocycles. The van der Waals surface area contributed by atoms with E-state index >= 15 is 0 Å². The first-order chi connectivity index (χ1) is 11.4. The molecule has 24 heavy (non-hydrogen) atoms. The fourth-order valence-electron chi connectivity index (χ4n) is 4.10. The predicted molar refractivity (Wildman–Crippen MR) is 102 cm³/mol. The van der Waals surface area contributed by atoms with Crippen LogP contribution in [0.5, 0.6) is 0 Å². The molecule has 1 unspecified atom stereocenters. The first-order valence-electron chi connectivity index (χ1n) is 9.02. The Labute approximate surface area is 149 Å². The molecule has 1 fully saturated rings. The molecule has 3 atom stereocenters. The Morgan fingerprint density at radius 3 is 2.75 bits per heavy atom. The summed E-state index contributed by atoms with van der Waals surface area (Å²) in [6.07, 6.45) is 2.63. The van der Waals surface area contributed by atoms with Gasteiger partial charge < -0.3 is 10.1 Å². The first kappa shape index (κ1) is 16.2. The Morgan fingerprint density at radius 1 is 1.21 bits per heavy atom. The summed E-state index contributed by atoms with van der Waals surface area (Å²) in [6, 6.07) is 9.53. The van der Waals surface area contributed by atoms with Crippen LogP contribution in [0.3, 0.4) is 0 Å². The van der Waals surface area contributed by atoms with Crippen LogP contribution in [0, 0.1) is 12.8 Å².